The molecule has 5 heteroatoms. The molecule has 1 aliphatic carbocycles. The summed E-state index contributed by atoms with van der Waals surface area (Å²) >= 11 is 0. The second-order valence-electron chi connectivity index (χ2n) is 9.73. The van der Waals surface area contributed by atoms with Gasteiger partial charge in [-0.05, 0) is 53.3 Å². The van der Waals surface area contributed by atoms with Gasteiger partial charge >= 0.3 is 0 Å². The quantitative estimate of drug-likeness (QED) is 0.559. The van der Waals surface area contributed by atoms with Crippen molar-refractivity contribution in [3.63, 3.8) is 0 Å². The smallest absolute Gasteiger partial charge is 0.221 e. The molecule has 0 saturated heterocycles. The molecule has 0 radical (unpaired) electrons. The highest BCUT2D eigenvalue weighted by Crippen LogP contribution is 2.39. The molecule has 5 nitrogen and oxygen atoms in total. The maximum absolute atomic E-state index is 6.45. The summed E-state index contributed by atoms with van der Waals surface area (Å²) in [6.45, 7) is 7.55. The van der Waals surface area contributed by atoms with Crippen molar-refractivity contribution in [2.24, 2.45) is 4.99 Å². The molecule has 3 aromatic rings. The van der Waals surface area contributed by atoms with Gasteiger partial charge in [0.1, 0.15) is 11.9 Å². The number of ether oxygens (including phenoxy) is 1. The van der Waals surface area contributed by atoms with Crippen LogP contribution in [0.2, 0.25) is 0 Å². The third-order valence-electron chi connectivity index (χ3n) is 6.26. The Morgan fingerprint density at radius 3 is 2.66 bits per heavy atom. The fourth-order valence-corrected chi connectivity index (χ4v) is 4.45. The summed E-state index contributed by atoms with van der Waals surface area (Å²) in [5.74, 6) is 1.68. The van der Waals surface area contributed by atoms with Gasteiger partial charge in [-0.15, -0.1) is 0 Å². The van der Waals surface area contributed by atoms with Crippen LogP contribution >= 0.6 is 0 Å². The fraction of sp³-hybridized carbons (Fsp3) is 0.370. The Labute approximate surface area is 189 Å². The first kappa shape index (κ1) is 20.7. The lowest BCUT2D eigenvalue weighted by atomic mass is 9.81. The number of pyridine rings is 2. The van der Waals surface area contributed by atoms with Gasteiger partial charge in [0.15, 0.2) is 0 Å². The Balaban J connectivity index is 1.30. The number of anilines is 1. The Morgan fingerprint density at radius 1 is 1.03 bits per heavy atom. The highest BCUT2D eigenvalue weighted by molar-refractivity contribution is 5.88. The van der Waals surface area contributed by atoms with Crippen LogP contribution in [-0.4, -0.2) is 34.9 Å². The molecule has 2 aromatic heterocycles. The normalized spacial score (nSPS) is 20.5. The minimum Gasteiger partial charge on any atom is -0.474 e. The second kappa shape index (κ2) is 8.38. The van der Waals surface area contributed by atoms with Crippen LogP contribution in [0.3, 0.4) is 0 Å². The third-order valence-corrected chi connectivity index (χ3v) is 6.26. The van der Waals surface area contributed by atoms with Crippen LogP contribution in [0.15, 0.2) is 59.7 Å². The van der Waals surface area contributed by atoms with Crippen molar-refractivity contribution >= 4 is 28.5 Å². The molecule has 1 aromatic carbocycles. The number of aromatic nitrogens is 2. The number of nitrogens with one attached hydrogen (secondary N) is 1. The molecule has 0 unspecified atom stereocenters. The third kappa shape index (κ3) is 4.24. The van der Waals surface area contributed by atoms with E-state index in [0.29, 0.717) is 6.04 Å². The van der Waals surface area contributed by atoms with E-state index in [1.165, 1.54) is 11.1 Å². The minimum absolute atomic E-state index is 0.0112. The molecule has 1 N–H and O–H groups in total. The number of nitrogens with zero attached hydrogens (tertiary/aromatic N) is 3. The zero-order valence-corrected chi connectivity index (χ0v) is 19.0. The molecule has 0 spiro atoms. The van der Waals surface area contributed by atoms with Crippen molar-refractivity contribution < 1.29 is 4.74 Å². The van der Waals surface area contributed by atoms with E-state index in [9.17, 15) is 0 Å². The Morgan fingerprint density at radius 2 is 1.88 bits per heavy atom. The number of para-hydroxylation sites is 1. The van der Waals surface area contributed by atoms with Gasteiger partial charge in [0, 0.05) is 48.8 Å². The van der Waals surface area contributed by atoms with Crippen molar-refractivity contribution in [2.45, 2.75) is 57.6 Å². The van der Waals surface area contributed by atoms with Crippen LogP contribution in [0.4, 0.5) is 5.82 Å². The van der Waals surface area contributed by atoms with E-state index >= 15 is 0 Å². The zero-order chi connectivity index (χ0) is 22.1. The van der Waals surface area contributed by atoms with Crippen molar-refractivity contribution in [3.8, 4) is 5.88 Å². The standard InChI is InChI=1S/C27H30N4O/c1-27(2,3)22-12-15-29-26(25(22)19-10-13-28-14-11-19)32-21-16-20(17-21)30-24-9-8-18-6-4-5-7-23(18)31-24/h4-10,12-13,15,20-21H,11,14,16-17H2,1-3H3,(H,30,31)/t20-,21-. The number of benzene rings is 1. The molecule has 0 atom stereocenters. The average molecular weight is 427 g/mol. The minimum atomic E-state index is 0.0112. The summed E-state index contributed by atoms with van der Waals surface area (Å²) in [5, 5.41) is 4.72. The lowest BCUT2D eigenvalue weighted by Crippen LogP contribution is -2.43. The van der Waals surface area contributed by atoms with Gasteiger partial charge in [0.2, 0.25) is 5.88 Å². The van der Waals surface area contributed by atoms with Crippen LogP contribution in [0.25, 0.3) is 16.5 Å². The van der Waals surface area contributed by atoms with Crippen molar-refractivity contribution in [1.82, 2.24) is 9.97 Å². The first-order valence-electron chi connectivity index (χ1n) is 11.5. The summed E-state index contributed by atoms with van der Waals surface area (Å²) in [4.78, 5) is 13.7. The second-order valence-corrected chi connectivity index (χ2v) is 9.73. The first-order valence-corrected chi connectivity index (χ1v) is 11.5. The SMILES string of the molecule is CC(C)(C)c1ccnc(O[C@H]2C[C@H](Nc3ccc4ccccc4n3)C2)c1C1=CC=NCC1. The van der Waals surface area contributed by atoms with Gasteiger partial charge in [0.25, 0.3) is 0 Å². The van der Waals surface area contributed by atoms with Crippen LogP contribution in [0, 0.1) is 0 Å². The van der Waals surface area contributed by atoms with E-state index in [2.05, 4.69) is 66.4 Å². The summed E-state index contributed by atoms with van der Waals surface area (Å²) in [7, 11) is 0. The molecular formula is C27H30N4O. The molecule has 1 saturated carbocycles. The predicted molar refractivity (Wildman–Crippen MR) is 132 cm³/mol. The van der Waals surface area contributed by atoms with E-state index in [4.69, 9.17) is 9.72 Å². The number of allylic oxidation sites excluding steroid dienone is 1. The number of fused-ring (bicyclic) bond motifs is 1. The lowest BCUT2D eigenvalue weighted by molar-refractivity contribution is 0.102. The molecule has 0 bridgehead atoms. The lowest BCUT2D eigenvalue weighted by Gasteiger charge is -2.37. The molecule has 1 fully saturated rings. The van der Waals surface area contributed by atoms with Crippen LogP contribution < -0.4 is 10.1 Å². The van der Waals surface area contributed by atoms with E-state index in [1.807, 2.05) is 30.6 Å². The van der Waals surface area contributed by atoms with E-state index in [0.717, 1.165) is 54.0 Å². The largest absolute Gasteiger partial charge is 0.474 e. The summed E-state index contributed by atoms with van der Waals surface area (Å²) in [6.07, 6.45) is 8.86. The Kier molecular flexibility index (Phi) is 5.41. The summed E-state index contributed by atoms with van der Waals surface area (Å²) < 4.78 is 6.45. The van der Waals surface area contributed by atoms with E-state index < -0.39 is 0 Å². The highest BCUT2D eigenvalue weighted by atomic mass is 16.5. The number of hydrogen-bond donors (Lipinski definition) is 1. The van der Waals surface area contributed by atoms with E-state index in [-0.39, 0.29) is 11.5 Å². The number of dihydropyridines is 1. The van der Waals surface area contributed by atoms with Gasteiger partial charge < -0.3 is 10.1 Å². The molecule has 0 amide bonds. The van der Waals surface area contributed by atoms with Gasteiger partial charge in [-0.25, -0.2) is 9.97 Å². The first-order chi connectivity index (χ1) is 15.5. The zero-order valence-electron chi connectivity index (χ0n) is 19.0. The molecule has 3 heterocycles. The topological polar surface area (TPSA) is 59.4 Å². The maximum Gasteiger partial charge on any atom is 0.221 e. The molecule has 1 aliphatic heterocycles. The average Bonchev–Trinajstić information content (AvgIpc) is 2.77. The monoisotopic (exact) mass is 426 g/mol. The fourth-order valence-electron chi connectivity index (χ4n) is 4.45. The van der Waals surface area contributed by atoms with Crippen molar-refractivity contribution in [3.05, 3.63) is 65.9 Å². The number of rotatable bonds is 5. The Hall–Kier alpha value is -3.21. The number of aliphatic imine (C=N–C) groups is 1. The number of hydrogen-bond acceptors (Lipinski definition) is 5. The van der Waals surface area contributed by atoms with Crippen molar-refractivity contribution in [2.75, 3.05) is 11.9 Å². The van der Waals surface area contributed by atoms with Crippen molar-refractivity contribution in [1.29, 1.82) is 0 Å². The molecule has 164 valence electrons. The highest BCUT2D eigenvalue weighted by Gasteiger charge is 2.33. The summed E-state index contributed by atoms with van der Waals surface area (Å²) in [6, 6.07) is 14.9. The Bertz CT molecular complexity index is 1190. The van der Waals surface area contributed by atoms with Crippen LogP contribution in [0.5, 0.6) is 5.88 Å². The molecule has 32 heavy (non-hydrogen) atoms. The molecule has 5 rings (SSSR count). The van der Waals surface area contributed by atoms with Gasteiger partial charge in [-0.2, -0.15) is 0 Å². The molecular weight excluding hydrogens is 396 g/mol. The predicted octanol–water partition coefficient (Wildman–Crippen LogP) is 5.81. The van der Waals surface area contributed by atoms with Gasteiger partial charge in [0.05, 0.1) is 5.52 Å². The van der Waals surface area contributed by atoms with Crippen LogP contribution in [0.1, 0.15) is 51.2 Å². The maximum atomic E-state index is 6.45. The van der Waals surface area contributed by atoms with Crippen LogP contribution in [-0.2, 0) is 5.41 Å². The summed E-state index contributed by atoms with van der Waals surface area (Å²) in [5.41, 5.74) is 4.72. The van der Waals surface area contributed by atoms with Gasteiger partial charge in [-0.1, -0.05) is 39.0 Å². The molecule has 2 aliphatic rings. The van der Waals surface area contributed by atoms with E-state index in [1.54, 1.807) is 0 Å². The van der Waals surface area contributed by atoms with Gasteiger partial charge in [-0.3, -0.25) is 4.99 Å².